The van der Waals surface area contributed by atoms with Crippen molar-refractivity contribution in [2.75, 3.05) is 13.2 Å². The molecule has 0 aromatic heterocycles. The van der Waals surface area contributed by atoms with Gasteiger partial charge in [0.1, 0.15) is 12.4 Å². The molecule has 22 heavy (non-hydrogen) atoms. The van der Waals surface area contributed by atoms with Gasteiger partial charge in [-0.3, -0.25) is 4.79 Å². The minimum Gasteiger partial charge on any atom is -0.458 e. The molecule has 0 aliphatic rings. The molecule has 1 aromatic carbocycles. The molecule has 0 saturated carbocycles. The van der Waals surface area contributed by atoms with Crippen molar-refractivity contribution in [1.82, 2.24) is 0 Å². The summed E-state index contributed by atoms with van der Waals surface area (Å²) >= 11 is 0. The van der Waals surface area contributed by atoms with E-state index in [4.69, 9.17) is 9.84 Å². The quantitative estimate of drug-likeness (QED) is 0.387. The number of Topliss-reactive ketones (excluding diaryl/α,β-unsaturated/α-hetero) is 1. The van der Waals surface area contributed by atoms with Crippen LogP contribution in [0.1, 0.15) is 48.9 Å². The molecule has 0 aliphatic heterocycles. The standard InChI is InChI=1S/C18H24O4/c19-14-8-7-13-17(20)12-6-1-2-9-15-22-18(21)16-10-4-3-5-11-16/h2-5,9-11,19H,1,6-8,12-15H2/b9-2+. The summed E-state index contributed by atoms with van der Waals surface area (Å²) in [6, 6.07) is 8.87. The van der Waals surface area contributed by atoms with Crippen molar-refractivity contribution >= 4 is 11.8 Å². The van der Waals surface area contributed by atoms with Crippen LogP contribution in [0.2, 0.25) is 0 Å². The van der Waals surface area contributed by atoms with Gasteiger partial charge in [-0.2, -0.15) is 0 Å². The molecule has 0 bridgehead atoms. The number of aliphatic hydroxyl groups is 1. The molecule has 0 heterocycles. The van der Waals surface area contributed by atoms with Gasteiger partial charge in [0, 0.05) is 19.4 Å². The number of hydrogen-bond acceptors (Lipinski definition) is 4. The Hall–Kier alpha value is -1.94. The van der Waals surface area contributed by atoms with Gasteiger partial charge in [0.15, 0.2) is 0 Å². The lowest BCUT2D eigenvalue weighted by molar-refractivity contribution is -0.119. The van der Waals surface area contributed by atoms with Crippen molar-refractivity contribution in [1.29, 1.82) is 0 Å². The number of carbonyl (C=O) groups excluding carboxylic acids is 2. The highest BCUT2D eigenvalue weighted by Gasteiger charge is 2.03. The van der Waals surface area contributed by atoms with Crippen LogP contribution >= 0.6 is 0 Å². The number of carbonyl (C=O) groups is 2. The van der Waals surface area contributed by atoms with Crippen LogP contribution in [0.3, 0.4) is 0 Å². The zero-order chi connectivity index (χ0) is 16.0. The fourth-order valence-electron chi connectivity index (χ4n) is 1.94. The molecule has 4 heteroatoms. The predicted molar refractivity (Wildman–Crippen MR) is 85.7 cm³/mol. The minimum atomic E-state index is -0.329. The number of benzene rings is 1. The SMILES string of the molecule is O=C(CCC/C=C/COC(=O)c1ccccc1)CCCCO. The first-order valence-corrected chi connectivity index (χ1v) is 7.73. The molecule has 0 fully saturated rings. The van der Waals surface area contributed by atoms with Crippen LogP contribution in [0.15, 0.2) is 42.5 Å². The highest BCUT2D eigenvalue weighted by atomic mass is 16.5. The number of allylic oxidation sites excluding steroid dienone is 1. The number of hydrogen-bond donors (Lipinski definition) is 1. The Morgan fingerprint density at radius 1 is 1.00 bits per heavy atom. The van der Waals surface area contributed by atoms with Crippen molar-refractivity contribution in [3.05, 3.63) is 48.0 Å². The average Bonchev–Trinajstić information content (AvgIpc) is 2.55. The van der Waals surface area contributed by atoms with Crippen LogP contribution < -0.4 is 0 Å². The van der Waals surface area contributed by atoms with Crippen LogP contribution in [0.25, 0.3) is 0 Å². The molecule has 0 unspecified atom stereocenters. The summed E-state index contributed by atoms with van der Waals surface area (Å²) < 4.78 is 5.10. The van der Waals surface area contributed by atoms with Gasteiger partial charge in [0.2, 0.25) is 0 Å². The molecule has 0 amide bonds. The van der Waals surface area contributed by atoms with Crippen molar-refractivity contribution in [3.63, 3.8) is 0 Å². The molecule has 4 nitrogen and oxygen atoms in total. The lowest BCUT2D eigenvalue weighted by Crippen LogP contribution is -2.04. The number of aliphatic hydroxyl groups excluding tert-OH is 1. The van der Waals surface area contributed by atoms with Crippen molar-refractivity contribution in [2.45, 2.75) is 38.5 Å². The van der Waals surface area contributed by atoms with Crippen molar-refractivity contribution < 1.29 is 19.4 Å². The van der Waals surface area contributed by atoms with Gasteiger partial charge < -0.3 is 9.84 Å². The molecule has 0 radical (unpaired) electrons. The van der Waals surface area contributed by atoms with E-state index in [0.29, 0.717) is 24.8 Å². The summed E-state index contributed by atoms with van der Waals surface area (Å²) in [7, 11) is 0. The van der Waals surface area contributed by atoms with E-state index in [2.05, 4.69) is 0 Å². The third-order valence-corrected chi connectivity index (χ3v) is 3.18. The second-order valence-electron chi connectivity index (χ2n) is 5.05. The molecule has 1 rings (SSSR count). The van der Waals surface area contributed by atoms with Crippen LogP contribution in [-0.2, 0) is 9.53 Å². The summed E-state index contributed by atoms with van der Waals surface area (Å²) in [5.74, 6) is -0.0818. The smallest absolute Gasteiger partial charge is 0.338 e. The van der Waals surface area contributed by atoms with E-state index in [0.717, 1.165) is 19.3 Å². The maximum atomic E-state index is 11.6. The molecular formula is C18H24O4. The molecule has 0 spiro atoms. The fourth-order valence-corrected chi connectivity index (χ4v) is 1.94. The molecule has 0 saturated heterocycles. The van der Waals surface area contributed by atoms with Crippen molar-refractivity contribution in [2.24, 2.45) is 0 Å². The largest absolute Gasteiger partial charge is 0.458 e. The fraction of sp³-hybridized carbons (Fsp3) is 0.444. The number of ether oxygens (including phenoxy) is 1. The molecular weight excluding hydrogens is 280 g/mol. The average molecular weight is 304 g/mol. The molecule has 0 aliphatic carbocycles. The van der Waals surface area contributed by atoms with Crippen LogP contribution in [-0.4, -0.2) is 30.1 Å². The topological polar surface area (TPSA) is 63.6 Å². The second kappa shape index (κ2) is 11.7. The summed E-state index contributed by atoms with van der Waals surface area (Å²) in [5.41, 5.74) is 0.546. The lowest BCUT2D eigenvalue weighted by Gasteiger charge is -2.01. The Morgan fingerprint density at radius 3 is 2.45 bits per heavy atom. The highest BCUT2D eigenvalue weighted by molar-refractivity contribution is 5.89. The monoisotopic (exact) mass is 304 g/mol. The first-order chi connectivity index (χ1) is 10.7. The Balaban J connectivity index is 2.05. The molecule has 1 N–H and O–H groups in total. The molecule has 1 aromatic rings. The number of esters is 1. The first-order valence-electron chi connectivity index (χ1n) is 7.73. The van der Waals surface area contributed by atoms with Gasteiger partial charge >= 0.3 is 5.97 Å². The minimum absolute atomic E-state index is 0.151. The maximum absolute atomic E-state index is 11.6. The zero-order valence-corrected chi connectivity index (χ0v) is 12.9. The summed E-state index contributed by atoms with van der Waals surface area (Å²) in [5, 5.41) is 8.63. The second-order valence-corrected chi connectivity index (χ2v) is 5.05. The van der Waals surface area contributed by atoms with Gasteiger partial charge in [-0.15, -0.1) is 0 Å². The third kappa shape index (κ3) is 8.37. The molecule has 120 valence electrons. The Morgan fingerprint density at radius 2 is 1.73 bits per heavy atom. The number of unbranched alkanes of at least 4 members (excludes halogenated alkanes) is 2. The van der Waals surface area contributed by atoms with Gasteiger partial charge in [0.25, 0.3) is 0 Å². The first kappa shape index (κ1) is 18.1. The van der Waals surface area contributed by atoms with E-state index in [9.17, 15) is 9.59 Å². The van der Waals surface area contributed by atoms with Crippen LogP contribution in [0, 0.1) is 0 Å². The van der Waals surface area contributed by atoms with E-state index in [1.807, 2.05) is 12.1 Å². The molecule has 0 atom stereocenters. The van der Waals surface area contributed by atoms with Gasteiger partial charge in [0.05, 0.1) is 5.56 Å². The van der Waals surface area contributed by atoms with E-state index in [-0.39, 0.29) is 25.0 Å². The summed E-state index contributed by atoms with van der Waals surface area (Å²) in [6.07, 6.45) is 7.92. The Bertz CT molecular complexity index is 465. The lowest BCUT2D eigenvalue weighted by atomic mass is 10.1. The van der Waals surface area contributed by atoms with Crippen LogP contribution in [0.4, 0.5) is 0 Å². The maximum Gasteiger partial charge on any atom is 0.338 e. The summed E-state index contributed by atoms with van der Waals surface area (Å²) in [6.45, 7) is 0.399. The Kier molecular flexibility index (Phi) is 9.62. The van der Waals surface area contributed by atoms with E-state index < -0.39 is 0 Å². The van der Waals surface area contributed by atoms with Gasteiger partial charge in [-0.25, -0.2) is 4.79 Å². The van der Waals surface area contributed by atoms with Crippen LogP contribution in [0.5, 0.6) is 0 Å². The third-order valence-electron chi connectivity index (χ3n) is 3.18. The van der Waals surface area contributed by atoms with E-state index in [1.54, 1.807) is 30.3 Å². The van der Waals surface area contributed by atoms with E-state index >= 15 is 0 Å². The Labute approximate surface area is 131 Å². The highest BCUT2D eigenvalue weighted by Crippen LogP contribution is 2.04. The zero-order valence-electron chi connectivity index (χ0n) is 12.9. The number of ketones is 1. The predicted octanol–water partition coefficient (Wildman–Crippen LogP) is 3.30. The number of rotatable bonds is 11. The van der Waals surface area contributed by atoms with E-state index in [1.165, 1.54) is 0 Å². The van der Waals surface area contributed by atoms with Gasteiger partial charge in [-0.05, 0) is 37.8 Å². The summed E-state index contributed by atoms with van der Waals surface area (Å²) in [4.78, 5) is 23.1. The van der Waals surface area contributed by atoms with Crippen molar-refractivity contribution in [3.8, 4) is 0 Å². The normalized spacial score (nSPS) is 10.8. The van der Waals surface area contributed by atoms with Gasteiger partial charge in [-0.1, -0.05) is 30.4 Å².